The molecule has 296 valence electrons. The maximum atomic E-state index is 11.8. The van der Waals surface area contributed by atoms with E-state index in [0.29, 0.717) is 56.6 Å². The lowest BCUT2D eigenvalue weighted by Crippen LogP contribution is -2.30. The van der Waals surface area contributed by atoms with E-state index in [-0.39, 0.29) is 74.0 Å². The number of imidazole rings is 2. The summed E-state index contributed by atoms with van der Waals surface area (Å²) in [5.41, 5.74) is 13.9. The van der Waals surface area contributed by atoms with Gasteiger partial charge in [0.25, 0.3) is 0 Å². The number of nitrogens with zero attached hydrogens (tertiary/aromatic N) is 8. The van der Waals surface area contributed by atoms with Gasteiger partial charge in [-0.05, 0) is 65.2 Å². The van der Waals surface area contributed by atoms with Crippen LogP contribution in [0.1, 0.15) is 40.5 Å². The molecule has 0 spiro atoms. The third-order valence-corrected chi connectivity index (χ3v) is 9.88. The van der Waals surface area contributed by atoms with E-state index in [1.54, 1.807) is 31.1 Å². The molecule has 0 amide bonds. The normalized spacial score (nSPS) is 13.3. The highest BCUT2D eigenvalue weighted by Crippen LogP contribution is 2.22. The Balaban J connectivity index is 0.000000290. The van der Waals surface area contributed by atoms with Crippen LogP contribution in [0.5, 0.6) is 0 Å². The topological polar surface area (TPSA) is 268 Å². The Labute approximate surface area is 337 Å². The molecule has 0 fully saturated rings. The molecule has 0 saturated heterocycles. The summed E-state index contributed by atoms with van der Waals surface area (Å²) in [7, 11) is 4.55. The Morgan fingerprint density at radius 2 is 1.19 bits per heavy atom. The fraction of sp³-hybridized carbons (Fsp3) is 0.533. The van der Waals surface area contributed by atoms with Crippen LogP contribution in [0, 0.1) is 15.5 Å². The van der Waals surface area contributed by atoms with Gasteiger partial charge >= 0.3 is 23.9 Å². The van der Waals surface area contributed by atoms with Gasteiger partial charge in [-0.15, -0.1) is 0 Å². The number of carbonyl (C=O) groups excluding carboxylic acids is 4. The minimum absolute atomic E-state index is 0.0905. The number of ether oxygens (including phenoxy) is 4. The SMILES string of the molecule is CC(=O)OC[C@H](CCOC(=O)[C@H](C)NP)Cn1cnc2c(Br)nc(N)nc21.CC(=O)OC[C@H](CCOC(=O)[C@H](C)NP)Cn1cnc2c(I)nc(N)nc21. The first-order chi connectivity index (χ1) is 25.6. The second kappa shape index (κ2) is 22.2. The molecule has 4 aromatic rings. The molecule has 4 rings (SSSR count). The summed E-state index contributed by atoms with van der Waals surface area (Å²) in [6.45, 7) is 7.84. The highest BCUT2D eigenvalue weighted by Gasteiger charge is 2.20. The Morgan fingerprint density at radius 1 is 0.759 bits per heavy atom. The minimum atomic E-state index is -0.420. The summed E-state index contributed by atoms with van der Waals surface area (Å²) in [6.07, 6.45) is 4.29. The number of carbonyl (C=O) groups is 4. The summed E-state index contributed by atoms with van der Waals surface area (Å²) in [5, 5.41) is 5.48. The van der Waals surface area contributed by atoms with Crippen LogP contribution in [0.25, 0.3) is 22.3 Å². The fourth-order valence-electron chi connectivity index (χ4n) is 4.64. The molecule has 20 nitrogen and oxygen atoms in total. The maximum absolute atomic E-state index is 11.8. The highest BCUT2D eigenvalue weighted by molar-refractivity contribution is 14.1. The number of nitrogens with one attached hydrogen (secondary N) is 2. The predicted octanol–water partition coefficient (Wildman–Crippen LogP) is 1.95. The Kier molecular flexibility index (Phi) is 18.5. The van der Waals surface area contributed by atoms with Gasteiger partial charge in [-0.1, -0.05) is 18.8 Å². The van der Waals surface area contributed by atoms with Crippen molar-refractivity contribution in [1.29, 1.82) is 0 Å². The molecule has 0 saturated carbocycles. The first-order valence-corrected chi connectivity index (χ1v) is 19.5. The van der Waals surface area contributed by atoms with E-state index >= 15 is 0 Å². The molecule has 4 heterocycles. The molecule has 6 atom stereocenters. The molecule has 0 bridgehead atoms. The summed E-state index contributed by atoms with van der Waals surface area (Å²) >= 11 is 5.37. The molecule has 0 aliphatic rings. The van der Waals surface area contributed by atoms with E-state index in [1.165, 1.54) is 13.8 Å². The Morgan fingerprint density at radius 3 is 1.63 bits per heavy atom. The van der Waals surface area contributed by atoms with E-state index in [4.69, 9.17) is 30.4 Å². The van der Waals surface area contributed by atoms with Gasteiger partial charge in [0.1, 0.15) is 31.4 Å². The monoisotopic (exact) mass is 968 g/mol. The largest absolute Gasteiger partial charge is 0.466 e. The van der Waals surface area contributed by atoms with Crippen molar-refractivity contribution in [2.24, 2.45) is 11.8 Å². The zero-order valence-corrected chi connectivity index (χ0v) is 36.1. The number of halogens is 2. The number of esters is 4. The van der Waals surface area contributed by atoms with Crippen molar-refractivity contribution >= 4 is 115 Å². The average Bonchev–Trinajstić information content (AvgIpc) is 3.72. The van der Waals surface area contributed by atoms with E-state index in [0.717, 1.165) is 0 Å². The first-order valence-electron chi connectivity index (χ1n) is 16.4. The standard InChI is InChI=1S/C15H22BrN6O4P.C15H22IN6O4P/c2*1-8(21-27)14(24)25-4-3-10(6-26-9(2)23)5-22-7-18-11-12(16)19-15(17)20-13(11)22/h2*7-8,10,21H,3-6,27H2,1-2H3,(H2,17,19,20)/t2*8-,10+/m00/s1. The van der Waals surface area contributed by atoms with Gasteiger partial charge in [-0.2, -0.15) is 9.97 Å². The van der Waals surface area contributed by atoms with Crippen LogP contribution in [0.3, 0.4) is 0 Å². The molecule has 0 aliphatic heterocycles. The molecule has 0 aromatic carbocycles. The van der Waals surface area contributed by atoms with E-state index in [1.807, 2.05) is 4.57 Å². The Bertz CT molecular complexity index is 1770. The third kappa shape index (κ3) is 14.0. The Hall–Kier alpha value is -3.43. The molecule has 0 aliphatic carbocycles. The van der Waals surface area contributed by atoms with Crippen LogP contribution in [0.4, 0.5) is 11.9 Å². The molecule has 2 unspecified atom stereocenters. The highest BCUT2D eigenvalue weighted by atomic mass is 127. The van der Waals surface area contributed by atoms with Crippen molar-refractivity contribution in [2.45, 2.75) is 65.7 Å². The number of nitrogen functional groups attached to an aromatic ring is 2. The average molecular weight is 970 g/mol. The van der Waals surface area contributed by atoms with Crippen molar-refractivity contribution in [3.63, 3.8) is 0 Å². The number of nitrogens with two attached hydrogens (primary N) is 2. The number of hydrogen-bond acceptors (Lipinski definition) is 18. The van der Waals surface area contributed by atoms with Crippen LogP contribution in [0.2, 0.25) is 0 Å². The van der Waals surface area contributed by atoms with E-state index in [2.05, 4.69) is 97.4 Å². The molecule has 54 heavy (non-hydrogen) atoms. The van der Waals surface area contributed by atoms with Gasteiger partial charge in [-0.3, -0.25) is 29.4 Å². The zero-order valence-electron chi connectivity index (χ0n) is 30.0. The number of anilines is 2. The summed E-state index contributed by atoms with van der Waals surface area (Å²) in [5.74, 6) is -1.34. The number of fused-ring (bicyclic) bond motifs is 2. The van der Waals surface area contributed by atoms with Crippen LogP contribution in [-0.4, -0.2) is 101 Å². The summed E-state index contributed by atoms with van der Waals surface area (Å²) < 4.78 is 25.6. The smallest absolute Gasteiger partial charge is 0.323 e. The molecule has 0 radical (unpaired) electrons. The molecule has 6 N–H and O–H groups in total. The van der Waals surface area contributed by atoms with Crippen molar-refractivity contribution in [3.8, 4) is 0 Å². The quantitative estimate of drug-likeness (QED) is 0.0365. The van der Waals surface area contributed by atoms with Gasteiger partial charge in [0, 0.05) is 38.8 Å². The van der Waals surface area contributed by atoms with E-state index in [9.17, 15) is 19.2 Å². The van der Waals surface area contributed by atoms with Gasteiger partial charge in [0.05, 0.1) is 39.1 Å². The predicted molar refractivity (Wildman–Crippen MR) is 216 cm³/mol. The van der Waals surface area contributed by atoms with Crippen LogP contribution >= 0.6 is 57.3 Å². The summed E-state index contributed by atoms with van der Waals surface area (Å²) in [4.78, 5) is 71.1. The number of rotatable bonds is 18. The van der Waals surface area contributed by atoms with E-state index < -0.39 is 12.1 Å². The van der Waals surface area contributed by atoms with Crippen molar-refractivity contribution in [2.75, 3.05) is 37.9 Å². The second-order valence-corrected chi connectivity index (χ2v) is 14.3. The van der Waals surface area contributed by atoms with Crippen molar-refractivity contribution < 1.29 is 38.1 Å². The number of aromatic nitrogens is 8. The molecular formula is C30H44BrIN12O8P2. The van der Waals surface area contributed by atoms with Gasteiger partial charge in [0.2, 0.25) is 11.9 Å². The van der Waals surface area contributed by atoms with Crippen LogP contribution in [-0.2, 0) is 51.2 Å². The van der Waals surface area contributed by atoms with Crippen LogP contribution in [0.15, 0.2) is 17.3 Å². The lowest BCUT2D eigenvalue weighted by Gasteiger charge is -2.18. The lowest BCUT2D eigenvalue weighted by atomic mass is 10.1. The second-order valence-electron chi connectivity index (χ2n) is 11.9. The molecular weight excluding hydrogens is 925 g/mol. The van der Waals surface area contributed by atoms with Crippen molar-refractivity contribution in [3.05, 3.63) is 21.0 Å². The van der Waals surface area contributed by atoms with Gasteiger partial charge in [-0.25, -0.2) is 19.9 Å². The van der Waals surface area contributed by atoms with Crippen molar-refractivity contribution in [1.82, 2.24) is 49.2 Å². The molecule has 4 aromatic heterocycles. The van der Waals surface area contributed by atoms with Gasteiger partial charge < -0.3 is 39.5 Å². The number of hydrogen-bond donors (Lipinski definition) is 4. The minimum Gasteiger partial charge on any atom is -0.466 e. The summed E-state index contributed by atoms with van der Waals surface area (Å²) in [6, 6.07) is -0.835. The fourth-order valence-corrected chi connectivity index (χ4v) is 6.00. The first kappa shape index (κ1) is 45.0. The maximum Gasteiger partial charge on any atom is 0.323 e. The molecule has 24 heteroatoms. The zero-order chi connectivity index (χ0) is 39.9. The van der Waals surface area contributed by atoms with Gasteiger partial charge in [0.15, 0.2) is 11.3 Å². The third-order valence-electron chi connectivity index (χ3n) is 7.58. The van der Waals surface area contributed by atoms with Crippen LogP contribution < -0.4 is 21.6 Å². The lowest BCUT2D eigenvalue weighted by molar-refractivity contribution is -0.147.